The van der Waals surface area contributed by atoms with Gasteiger partial charge in [-0.2, -0.15) is 0 Å². The van der Waals surface area contributed by atoms with E-state index in [1.54, 1.807) is 11.8 Å². The van der Waals surface area contributed by atoms with Gasteiger partial charge in [-0.1, -0.05) is 51.2 Å². The fourth-order valence-electron chi connectivity index (χ4n) is 2.72. The zero-order valence-corrected chi connectivity index (χ0v) is 15.5. The third-order valence-corrected chi connectivity index (χ3v) is 5.31. The maximum absolute atomic E-state index is 12.0. The summed E-state index contributed by atoms with van der Waals surface area (Å²) in [5, 5.41) is 18.6. The smallest absolute Gasteiger partial charge is 0.303 e. The lowest BCUT2D eigenvalue weighted by Gasteiger charge is -2.21. The SMILES string of the molecule is CCCCCC(O)/C=C/C1SCC(=O)N1CCCCCCC(=O)O. The van der Waals surface area contributed by atoms with Crippen molar-refractivity contribution < 1.29 is 19.8 Å². The lowest BCUT2D eigenvalue weighted by Crippen LogP contribution is -2.32. The molecule has 1 saturated heterocycles. The van der Waals surface area contributed by atoms with E-state index in [1.807, 2.05) is 17.1 Å². The number of rotatable bonds is 13. The molecule has 0 aliphatic carbocycles. The number of amides is 1. The molecule has 0 aromatic carbocycles. The molecular weight excluding hydrogens is 326 g/mol. The number of carbonyl (C=O) groups excluding carboxylic acids is 1. The Balaban J connectivity index is 2.28. The predicted octanol–water partition coefficient (Wildman–Crippen LogP) is 3.42. The summed E-state index contributed by atoms with van der Waals surface area (Å²) < 4.78 is 0. The molecule has 1 amide bonds. The number of aliphatic carboxylic acids is 1. The van der Waals surface area contributed by atoms with Crippen LogP contribution in [0.15, 0.2) is 12.2 Å². The van der Waals surface area contributed by atoms with Gasteiger partial charge in [0, 0.05) is 13.0 Å². The van der Waals surface area contributed by atoms with Gasteiger partial charge in [-0.05, 0) is 19.3 Å². The average Bonchev–Trinajstić information content (AvgIpc) is 2.89. The minimum atomic E-state index is -0.746. The molecule has 2 unspecified atom stereocenters. The second-order valence-corrected chi connectivity index (χ2v) is 7.40. The monoisotopic (exact) mass is 357 g/mol. The van der Waals surface area contributed by atoms with E-state index in [0.717, 1.165) is 44.9 Å². The van der Waals surface area contributed by atoms with E-state index in [4.69, 9.17) is 5.11 Å². The summed E-state index contributed by atoms with van der Waals surface area (Å²) >= 11 is 1.60. The number of hydrogen-bond donors (Lipinski definition) is 2. The molecule has 2 atom stereocenters. The van der Waals surface area contributed by atoms with Crippen LogP contribution in [-0.4, -0.2) is 50.8 Å². The standard InChI is InChI=1S/C18H31NO4S/c1-2-3-6-9-15(20)11-12-17-19(16(21)14-24-17)13-8-5-4-7-10-18(22)23/h11-12,15,17,20H,2-10,13-14H2,1H3,(H,22,23)/b12-11+. The zero-order chi connectivity index (χ0) is 17.8. The molecule has 0 spiro atoms. The largest absolute Gasteiger partial charge is 0.481 e. The van der Waals surface area contributed by atoms with E-state index in [2.05, 4.69) is 6.92 Å². The molecule has 138 valence electrons. The molecule has 0 bridgehead atoms. The van der Waals surface area contributed by atoms with Crippen LogP contribution in [0.3, 0.4) is 0 Å². The van der Waals surface area contributed by atoms with Crippen molar-refractivity contribution in [3.63, 3.8) is 0 Å². The molecule has 0 aromatic rings. The minimum Gasteiger partial charge on any atom is -0.481 e. The van der Waals surface area contributed by atoms with Gasteiger partial charge in [-0.15, -0.1) is 11.8 Å². The van der Waals surface area contributed by atoms with Gasteiger partial charge in [-0.3, -0.25) is 9.59 Å². The Morgan fingerprint density at radius 2 is 2.04 bits per heavy atom. The molecule has 0 radical (unpaired) electrons. The summed E-state index contributed by atoms with van der Waals surface area (Å²) in [5.41, 5.74) is 0. The number of carboxylic acids is 1. The maximum Gasteiger partial charge on any atom is 0.303 e. The topological polar surface area (TPSA) is 77.8 Å². The Morgan fingerprint density at radius 3 is 2.75 bits per heavy atom. The van der Waals surface area contributed by atoms with Crippen molar-refractivity contribution in [3.05, 3.63) is 12.2 Å². The molecule has 5 nitrogen and oxygen atoms in total. The van der Waals surface area contributed by atoms with Crippen molar-refractivity contribution in [3.8, 4) is 0 Å². The number of unbranched alkanes of at least 4 members (excludes halogenated alkanes) is 5. The number of carbonyl (C=O) groups is 2. The highest BCUT2D eigenvalue weighted by molar-refractivity contribution is 8.01. The highest BCUT2D eigenvalue weighted by atomic mass is 32.2. The lowest BCUT2D eigenvalue weighted by atomic mass is 10.1. The van der Waals surface area contributed by atoms with Crippen LogP contribution in [0.5, 0.6) is 0 Å². The van der Waals surface area contributed by atoms with Gasteiger partial charge in [0.05, 0.1) is 17.2 Å². The normalized spacial score (nSPS) is 19.3. The highest BCUT2D eigenvalue weighted by Crippen LogP contribution is 2.26. The number of aliphatic hydroxyl groups excluding tert-OH is 1. The third-order valence-electron chi connectivity index (χ3n) is 4.15. The first-order chi connectivity index (χ1) is 11.5. The van der Waals surface area contributed by atoms with E-state index in [0.29, 0.717) is 18.7 Å². The summed E-state index contributed by atoms with van der Waals surface area (Å²) in [7, 11) is 0. The Kier molecular flexibility index (Phi) is 10.8. The van der Waals surface area contributed by atoms with E-state index in [-0.39, 0.29) is 17.7 Å². The summed E-state index contributed by atoms with van der Waals surface area (Å²) in [6, 6.07) is 0. The van der Waals surface area contributed by atoms with Crippen molar-refractivity contribution >= 4 is 23.6 Å². The molecule has 0 aromatic heterocycles. The molecule has 0 saturated carbocycles. The molecule has 1 heterocycles. The number of hydrogen-bond acceptors (Lipinski definition) is 4. The van der Waals surface area contributed by atoms with Gasteiger partial charge in [0.2, 0.25) is 5.91 Å². The van der Waals surface area contributed by atoms with Crippen LogP contribution < -0.4 is 0 Å². The van der Waals surface area contributed by atoms with E-state index < -0.39 is 12.1 Å². The Hall–Kier alpha value is -1.01. The first-order valence-corrected chi connectivity index (χ1v) is 10.1. The summed E-state index contributed by atoms with van der Waals surface area (Å²) in [6.45, 7) is 2.85. The van der Waals surface area contributed by atoms with Crippen LogP contribution in [0.1, 0.15) is 64.7 Å². The van der Waals surface area contributed by atoms with Gasteiger partial charge in [-0.25, -0.2) is 0 Å². The van der Waals surface area contributed by atoms with E-state index >= 15 is 0 Å². The van der Waals surface area contributed by atoms with Crippen molar-refractivity contribution in [2.75, 3.05) is 12.3 Å². The summed E-state index contributed by atoms with van der Waals surface area (Å²) in [4.78, 5) is 24.3. The van der Waals surface area contributed by atoms with Crippen LogP contribution in [0.25, 0.3) is 0 Å². The fourth-order valence-corrected chi connectivity index (χ4v) is 3.80. The van der Waals surface area contributed by atoms with Crippen LogP contribution in [0.4, 0.5) is 0 Å². The van der Waals surface area contributed by atoms with Crippen LogP contribution in [0, 0.1) is 0 Å². The van der Waals surface area contributed by atoms with Crippen molar-refractivity contribution in [1.29, 1.82) is 0 Å². The molecular formula is C18H31NO4S. The van der Waals surface area contributed by atoms with Crippen molar-refractivity contribution in [1.82, 2.24) is 4.90 Å². The molecule has 2 N–H and O–H groups in total. The highest BCUT2D eigenvalue weighted by Gasteiger charge is 2.29. The average molecular weight is 358 g/mol. The lowest BCUT2D eigenvalue weighted by molar-refractivity contribution is -0.137. The quantitative estimate of drug-likeness (QED) is 0.390. The maximum atomic E-state index is 12.0. The van der Waals surface area contributed by atoms with Gasteiger partial charge < -0.3 is 15.1 Å². The first-order valence-electron chi connectivity index (χ1n) is 9.03. The summed E-state index contributed by atoms with van der Waals surface area (Å²) in [6.07, 6.45) is 11.1. The van der Waals surface area contributed by atoms with Crippen LogP contribution >= 0.6 is 11.8 Å². The van der Waals surface area contributed by atoms with Crippen molar-refractivity contribution in [2.24, 2.45) is 0 Å². The Bertz CT molecular complexity index is 414. The summed E-state index contributed by atoms with van der Waals surface area (Å²) in [5.74, 6) is -0.0931. The van der Waals surface area contributed by atoms with E-state index in [1.165, 1.54) is 0 Å². The Morgan fingerprint density at radius 1 is 1.29 bits per heavy atom. The fraction of sp³-hybridized carbons (Fsp3) is 0.778. The molecule has 1 aliphatic heterocycles. The van der Waals surface area contributed by atoms with Gasteiger partial charge in [0.15, 0.2) is 0 Å². The number of carboxylic acid groups (broad SMARTS) is 1. The second-order valence-electron chi connectivity index (χ2n) is 6.29. The third kappa shape index (κ3) is 8.73. The molecule has 6 heteroatoms. The van der Waals surface area contributed by atoms with Gasteiger partial charge in [0.25, 0.3) is 0 Å². The number of nitrogens with zero attached hydrogens (tertiary/aromatic N) is 1. The van der Waals surface area contributed by atoms with E-state index in [9.17, 15) is 14.7 Å². The molecule has 24 heavy (non-hydrogen) atoms. The number of aliphatic hydroxyl groups is 1. The molecule has 1 rings (SSSR count). The van der Waals surface area contributed by atoms with Crippen LogP contribution in [-0.2, 0) is 9.59 Å². The molecule has 1 fully saturated rings. The van der Waals surface area contributed by atoms with Crippen molar-refractivity contribution in [2.45, 2.75) is 76.2 Å². The van der Waals surface area contributed by atoms with Crippen LogP contribution in [0.2, 0.25) is 0 Å². The zero-order valence-electron chi connectivity index (χ0n) is 14.7. The predicted molar refractivity (Wildman–Crippen MR) is 98.0 cm³/mol. The first kappa shape index (κ1) is 21.0. The van der Waals surface area contributed by atoms with Gasteiger partial charge in [0.1, 0.15) is 0 Å². The molecule has 1 aliphatic rings. The van der Waals surface area contributed by atoms with Gasteiger partial charge >= 0.3 is 5.97 Å². The number of thioether (sulfide) groups is 1. The Labute approximate surface area is 149 Å². The second kappa shape index (κ2) is 12.4. The minimum absolute atomic E-state index is 0.0253.